The lowest BCUT2D eigenvalue weighted by molar-refractivity contribution is -0.147. The summed E-state index contributed by atoms with van der Waals surface area (Å²) < 4.78 is 25.5. The van der Waals surface area contributed by atoms with Gasteiger partial charge in [-0.2, -0.15) is 0 Å². The Hall–Kier alpha value is -1.32. The minimum Gasteiger partial charge on any atom is -0.463 e. The Labute approximate surface area is 229 Å². The summed E-state index contributed by atoms with van der Waals surface area (Å²) in [4.78, 5) is 21.2. The molecule has 0 spiro atoms. The van der Waals surface area contributed by atoms with Crippen LogP contribution in [0.2, 0.25) is 0 Å². The lowest BCUT2D eigenvalue weighted by atomic mass is 10.1. The van der Waals surface area contributed by atoms with Gasteiger partial charge in [-0.3, -0.25) is 13.8 Å². The molecule has 0 radical (unpaired) electrons. The second-order valence-corrected chi connectivity index (χ2v) is 10.7. The van der Waals surface area contributed by atoms with Crippen molar-refractivity contribution in [2.75, 3.05) is 26.4 Å². The van der Waals surface area contributed by atoms with E-state index in [1.54, 1.807) is 0 Å². The fraction of sp³-hybridized carbons (Fsp3) is 0.750. The first-order valence-corrected chi connectivity index (χ1v) is 15.5. The van der Waals surface area contributed by atoms with Crippen LogP contribution in [0.5, 0.6) is 0 Å². The highest BCUT2D eigenvalue weighted by atomic mass is 31.2. The van der Waals surface area contributed by atoms with Gasteiger partial charge in [-0.25, -0.2) is 4.57 Å². The molecule has 3 unspecified atom stereocenters. The molecule has 3 atom stereocenters. The SMILES string of the molecule is CCCCC/C=C\C/C=C\C/C=C\CCCCCCCCC(=O)OCC(O)COP(=O)(O)OCC(O)CO. The largest absolute Gasteiger partial charge is 0.472 e. The van der Waals surface area contributed by atoms with Crippen LogP contribution < -0.4 is 0 Å². The van der Waals surface area contributed by atoms with Gasteiger partial charge in [0.05, 0.1) is 19.8 Å². The van der Waals surface area contributed by atoms with Gasteiger partial charge in [-0.1, -0.05) is 81.9 Å². The summed E-state index contributed by atoms with van der Waals surface area (Å²) in [7, 11) is -4.49. The molecule has 222 valence electrons. The number of hydrogen-bond donors (Lipinski definition) is 4. The standard InChI is InChI=1S/C28H51O9P/c1-2-3-4-5-6-7-8-9-10-11-12-13-14-15-16-17-18-19-20-21-28(32)35-23-27(31)25-37-38(33,34)36-24-26(30)22-29/h6-7,9-10,12-13,26-27,29-31H,2-5,8,11,14-25H2,1H3,(H,33,34)/b7-6-,10-9-,13-12-. The van der Waals surface area contributed by atoms with Crippen LogP contribution in [0, 0.1) is 0 Å². The zero-order chi connectivity index (χ0) is 28.3. The average molecular weight is 563 g/mol. The molecular weight excluding hydrogens is 511 g/mol. The Balaban J connectivity index is 3.58. The molecule has 0 aliphatic carbocycles. The Morgan fingerprint density at radius 2 is 1.24 bits per heavy atom. The lowest BCUT2D eigenvalue weighted by Crippen LogP contribution is -2.24. The van der Waals surface area contributed by atoms with Crippen molar-refractivity contribution in [3.63, 3.8) is 0 Å². The number of rotatable bonds is 26. The lowest BCUT2D eigenvalue weighted by Gasteiger charge is -2.16. The maximum atomic E-state index is 11.8. The number of esters is 1. The number of unbranched alkanes of at least 4 members (excludes halogenated alkanes) is 9. The van der Waals surface area contributed by atoms with Crippen LogP contribution in [0.15, 0.2) is 36.5 Å². The highest BCUT2D eigenvalue weighted by molar-refractivity contribution is 7.47. The molecule has 10 heteroatoms. The molecule has 0 aromatic rings. The number of phosphoric ester groups is 1. The molecule has 0 aliphatic rings. The molecule has 9 nitrogen and oxygen atoms in total. The van der Waals surface area contributed by atoms with Gasteiger partial charge in [0.1, 0.15) is 18.8 Å². The minimum atomic E-state index is -4.49. The van der Waals surface area contributed by atoms with Gasteiger partial charge < -0.3 is 24.9 Å². The maximum absolute atomic E-state index is 11.8. The second-order valence-electron chi connectivity index (χ2n) is 9.27. The molecule has 0 aliphatic heterocycles. The first kappa shape index (κ1) is 36.7. The van der Waals surface area contributed by atoms with E-state index >= 15 is 0 Å². The molecule has 4 N–H and O–H groups in total. The Bertz CT molecular complexity index is 694. The van der Waals surface area contributed by atoms with Crippen molar-refractivity contribution < 1.29 is 43.4 Å². The second kappa shape index (κ2) is 25.9. The van der Waals surface area contributed by atoms with Crippen LogP contribution in [0.3, 0.4) is 0 Å². The maximum Gasteiger partial charge on any atom is 0.472 e. The van der Waals surface area contributed by atoms with Crippen molar-refractivity contribution in [3.05, 3.63) is 36.5 Å². The van der Waals surface area contributed by atoms with Crippen molar-refractivity contribution >= 4 is 13.8 Å². The zero-order valence-corrected chi connectivity index (χ0v) is 24.0. The number of phosphoric acid groups is 1. The Morgan fingerprint density at radius 1 is 0.737 bits per heavy atom. The minimum absolute atomic E-state index is 0.249. The van der Waals surface area contributed by atoms with Gasteiger partial charge in [-0.05, 0) is 44.9 Å². The van der Waals surface area contributed by atoms with Crippen LogP contribution in [0.4, 0.5) is 0 Å². The van der Waals surface area contributed by atoms with E-state index in [2.05, 4.69) is 52.4 Å². The van der Waals surface area contributed by atoms with E-state index in [4.69, 9.17) is 14.9 Å². The van der Waals surface area contributed by atoms with Crippen molar-refractivity contribution in [2.24, 2.45) is 0 Å². The number of hydrogen-bond acceptors (Lipinski definition) is 8. The van der Waals surface area contributed by atoms with E-state index in [0.29, 0.717) is 6.42 Å². The van der Waals surface area contributed by atoms with Gasteiger partial charge in [0, 0.05) is 6.42 Å². The molecule has 0 saturated heterocycles. The molecule has 0 amide bonds. The van der Waals surface area contributed by atoms with E-state index < -0.39 is 45.8 Å². The number of carbonyl (C=O) groups excluding carboxylic acids is 1. The number of aliphatic hydroxyl groups excluding tert-OH is 3. The first-order valence-electron chi connectivity index (χ1n) is 14.0. The summed E-state index contributed by atoms with van der Waals surface area (Å²) in [5, 5.41) is 27.5. The first-order chi connectivity index (χ1) is 18.3. The summed E-state index contributed by atoms with van der Waals surface area (Å²) in [5.74, 6) is -0.444. The fourth-order valence-electron chi connectivity index (χ4n) is 3.29. The van der Waals surface area contributed by atoms with Gasteiger partial charge >= 0.3 is 13.8 Å². The summed E-state index contributed by atoms with van der Waals surface area (Å²) >= 11 is 0. The molecular formula is C28H51O9P. The predicted molar refractivity (Wildman–Crippen MR) is 150 cm³/mol. The van der Waals surface area contributed by atoms with Gasteiger partial charge in [0.15, 0.2) is 0 Å². The molecule has 0 aromatic carbocycles. The van der Waals surface area contributed by atoms with E-state index in [1.807, 2.05) is 0 Å². The van der Waals surface area contributed by atoms with Crippen LogP contribution in [0.25, 0.3) is 0 Å². The Morgan fingerprint density at radius 3 is 1.82 bits per heavy atom. The zero-order valence-electron chi connectivity index (χ0n) is 23.1. The topological polar surface area (TPSA) is 143 Å². The normalized spacial score (nSPS) is 15.4. The molecule has 0 bridgehead atoms. The number of allylic oxidation sites excluding steroid dienone is 6. The molecule has 0 heterocycles. The average Bonchev–Trinajstić information content (AvgIpc) is 2.90. The number of aliphatic hydroxyl groups is 3. The van der Waals surface area contributed by atoms with Crippen molar-refractivity contribution in [1.29, 1.82) is 0 Å². The summed E-state index contributed by atoms with van der Waals surface area (Å²) in [6.45, 7) is 0.0482. The van der Waals surface area contributed by atoms with E-state index in [1.165, 1.54) is 25.7 Å². The van der Waals surface area contributed by atoms with E-state index in [-0.39, 0.29) is 13.0 Å². The highest BCUT2D eigenvalue weighted by Gasteiger charge is 2.24. The quantitative estimate of drug-likeness (QED) is 0.0463. The summed E-state index contributed by atoms with van der Waals surface area (Å²) in [5.41, 5.74) is 0. The fourth-order valence-corrected chi connectivity index (χ4v) is 4.08. The molecule has 0 rings (SSSR count). The molecule has 38 heavy (non-hydrogen) atoms. The monoisotopic (exact) mass is 562 g/mol. The smallest absolute Gasteiger partial charge is 0.463 e. The van der Waals surface area contributed by atoms with Crippen molar-refractivity contribution in [1.82, 2.24) is 0 Å². The molecule has 0 fully saturated rings. The van der Waals surface area contributed by atoms with Gasteiger partial charge in [0.2, 0.25) is 0 Å². The number of carbonyl (C=O) groups is 1. The van der Waals surface area contributed by atoms with E-state index in [9.17, 15) is 19.4 Å². The van der Waals surface area contributed by atoms with Gasteiger partial charge in [0.25, 0.3) is 0 Å². The third kappa shape index (κ3) is 26.3. The third-order valence-electron chi connectivity index (χ3n) is 5.53. The van der Waals surface area contributed by atoms with Crippen LogP contribution >= 0.6 is 7.82 Å². The number of ether oxygens (including phenoxy) is 1. The molecule has 0 saturated carbocycles. The van der Waals surface area contributed by atoms with Crippen LogP contribution in [-0.4, -0.2) is 64.8 Å². The summed E-state index contributed by atoms with van der Waals surface area (Å²) in [6, 6.07) is 0. The van der Waals surface area contributed by atoms with Gasteiger partial charge in [-0.15, -0.1) is 0 Å². The summed E-state index contributed by atoms with van der Waals surface area (Å²) in [6.07, 6.45) is 25.3. The third-order valence-corrected chi connectivity index (χ3v) is 6.48. The molecule has 0 aromatic heterocycles. The predicted octanol–water partition coefficient (Wildman–Crippen LogP) is 5.53. The Kier molecular flexibility index (Phi) is 25.0. The highest BCUT2D eigenvalue weighted by Crippen LogP contribution is 2.43. The van der Waals surface area contributed by atoms with Crippen molar-refractivity contribution in [2.45, 2.75) is 109 Å². The van der Waals surface area contributed by atoms with Crippen LogP contribution in [0.1, 0.15) is 96.8 Å². The van der Waals surface area contributed by atoms with Crippen LogP contribution in [-0.2, 0) is 23.1 Å². The van der Waals surface area contributed by atoms with E-state index in [0.717, 1.165) is 51.4 Å². The van der Waals surface area contributed by atoms with Crippen molar-refractivity contribution in [3.8, 4) is 0 Å².